The van der Waals surface area contributed by atoms with Crippen LogP contribution >= 0.6 is 15.9 Å². The number of rotatable bonds is 5. The van der Waals surface area contributed by atoms with E-state index in [0.29, 0.717) is 23.4 Å². The zero-order valence-electron chi connectivity index (χ0n) is 15.2. The molecular weight excluding hydrogens is 407 g/mol. The number of aryl methyl sites for hydroxylation is 2. The number of oxime groups is 1. The Morgan fingerprint density at radius 2 is 1.89 bits per heavy atom. The van der Waals surface area contributed by atoms with E-state index in [1.165, 1.54) is 6.07 Å². The first-order valence-electron chi connectivity index (χ1n) is 8.64. The van der Waals surface area contributed by atoms with Gasteiger partial charge in [0.1, 0.15) is 0 Å². The van der Waals surface area contributed by atoms with E-state index in [2.05, 4.69) is 57.3 Å². The fourth-order valence-electron chi connectivity index (χ4n) is 3.31. The fraction of sp³-hybridized carbons (Fsp3) is 0.182. The molecule has 0 fully saturated rings. The number of benzene rings is 2. The molecule has 3 rings (SSSR count). The number of halogens is 2. The lowest BCUT2D eigenvalue weighted by atomic mass is 9.83. The molecule has 1 unspecified atom stereocenters. The third kappa shape index (κ3) is 4.61. The largest absolute Gasteiger partial charge is 0.411 e. The van der Waals surface area contributed by atoms with Crippen molar-refractivity contribution >= 4 is 21.6 Å². The molecule has 0 aliphatic heterocycles. The first-order chi connectivity index (χ1) is 13.0. The van der Waals surface area contributed by atoms with Crippen molar-refractivity contribution in [1.29, 1.82) is 0 Å². The van der Waals surface area contributed by atoms with Crippen molar-refractivity contribution in [3.8, 4) is 0 Å². The van der Waals surface area contributed by atoms with Crippen LogP contribution in [-0.4, -0.2) is 15.9 Å². The lowest BCUT2D eigenvalue weighted by molar-refractivity contribution is 0.317. The smallest absolute Gasteiger partial charge is 0.213 e. The van der Waals surface area contributed by atoms with Crippen molar-refractivity contribution in [2.45, 2.75) is 26.2 Å². The van der Waals surface area contributed by atoms with E-state index in [9.17, 15) is 9.60 Å². The Bertz CT molecular complexity index is 967. The Hall–Kier alpha value is -2.53. The maximum absolute atomic E-state index is 13.8. The second-order valence-corrected chi connectivity index (χ2v) is 7.45. The summed E-state index contributed by atoms with van der Waals surface area (Å²) < 4.78 is 14.7. The molecule has 0 spiro atoms. The molecular formula is C22H20BrFN2O. The first kappa shape index (κ1) is 19.2. The molecule has 3 aromatic rings. The highest BCUT2D eigenvalue weighted by atomic mass is 79.9. The van der Waals surface area contributed by atoms with Gasteiger partial charge in [0.05, 0.1) is 5.71 Å². The zero-order valence-corrected chi connectivity index (χ0v) is 16.7. The van der Waals surface area contributed by atoms with Gasteiger partial charge in [-0.1, -0.05) is 57.5 Å². The van der Waals surface area contributed by atoms with Gasteiger partial charge in [-0.25, -0.2) is 4.98 Å². The summed E-state index contributed by atoms with van der Waals surface area (Å²) in [7, 11) is 0. The second-order valence-electron chi connectivity index (χ2n) is 6.53. The van der Waals surface area contributed by atoms with Crippen LogP contribution in [0.25, 0.3) is 0 Å². The molecule has 3 nitrogen and oxygen atoms in total. The second kappa shape index (κ2) is 8.44. The molecule has 0 saturated heterocycles. The van der Waals surface area contributed by atoms with Gasteiger partial charge in [-0.2, -0.15) is 4.39 Å². The summed E-state index contributed by atoms with van der Waals surface area (Å²) in [5.74, 6) is -0.618. The minimum atomic E-state index is -0.582. The van der Waals surface area contributed by atoms with Crippen LogP contribution in [0.2, 0.25) is 0 Å². The van der Waals surface area contributed by atoms with Crippen LogP contribution < -0.4 is 0 Å². The summed E-state index contributed by atoms with van der Waals surface area (Å²) in [5, 5.41) is 13.2. The van der Waals surface area contributed by atoms with Crippen molar-refractivity contribution in [3.63, 3.8) is 0 Å². The minimum Gasteiger partial charge on any atom is -0.411 e. The number of hydrogen-bond acceptors (Lipinski definition) is 3. The van der Waals surface area contributed by atoms with Crippen molar-refractivity contribution in [1.82, 2.24) is 4.98 Å². The van der Waals surface area contributed by atoms with E-state index in [1.807, 2.05) is 24.3 Å². The summed E-state index contributed by atoms with van der Waals surface area (Å²) >= 11 is 3.53. The van der Waals surface area contributed by atoms with Gasteiger partial charge in [0, 0.05) is 34.1 Å². The molecule has 27 heavy (non-hydrogen) atoms. The van der Waals surface area contributed by atoms with Crippen LogP contribution in [0, 0.1) is 19.8 Å². The molecule has 0 aliphatic rings. The minimum absolute atomic E-state index is 0.0360. The van der Waals surface area contributed by atoms with Gasteiger partial charge in [-0.3, -0.25) is 0 Å². The van der Waals surface area contributed by atoms with Crippen molar-refractivity contribution in [2.24, 2.45) is 5.16 Å². The van der Waals surface area contributed by atoms with E-state index < -0.39 is 5.95 Å². The lowest BCUT2D eigenvalue weighted by Gasteiger charge is -2.21. The molecule has 138 valence electrons. The molecule has 1 atom stereocenters. The Morgan fingerprint density at radius 3 is 2.56 bits per heavy atom. The summed E-state index contributed by atoms with van der Waals surface area (Å²) in [6.45, 7) is 3.78. The third-order valence-electron chi connectivity index (χ3n) is 4.59. The van der Waals surface area contributed by atoms with Crippen LogP contribution in [0.1, 0.15) is 40.3 Å². The van der Waals surface area contributed by atoms with Crippen LogP contribution in [0.3, 0.4) is 0 Å². The lowest BCUT2D eigenvalue weighted by Crippen LogP contribution is -2.12. The highest BCUT2D eigenvalue weighted by Crippen LogP contribution is 2.33. The van der Waals surface area contributed by atoms with Gasteiger partial charge in [-0.15, -0.1) is 0 Å². The molecule has 0 radical (unpaired) electrons. The van der Waals surface area contributed by atoms with Gasteiger partial charge in [0.2, 0.25) is 5.95 Å². The predicted molar refractivity (Wildman–Crippen MR) is 109 cm³/mol. The molecule has 0 aliphatic carbocycles. The van der Waals surface area contributed by atoms with Crippen molar-refractivity contribution in [3.05, 3.63) is 99.0 Å². The summed E-state index contributed by atoms with van der Waals surface area (Å²) in [6.07, 6.45) is 0.431. The monoisotopic (exact) mass is 426 g/mol. The van der Waals surface area contributed by atoms with Crippen molar-refractivity contribution in [2.75, 3.05) is 0 Å². The molecule has 2 aromatic carbocycles. The summed E-state index contributed by atoms with van der Waals surface area (Å²) in [5.41, 5.74) is 4.88. The first-order valence-corrected chi connectivity index (χ1v) is 9.43. The molecule has 1 aromatic heterocycles. The van der Waals surface area contributed by atoms with Crippen LogP contribution in [0.5, 0.6) is 0 Å². The van der Waals surface area contributed by atoms with E-state index in [1.54, 1.807) is 13.0 Å². The van der Waals surface area contributed by atoms with Gasteiger partial charge < -0.3 is 5.21 Å². The summed E-state index contributed by atoms with van der Waals surface area (Å²) in [4.78, 5) is 3.76. The normalized spacial score (nSPS) is 12.8. The Labute approximate surface area is 166 Å². The zero-order chi connectivity index (χ0) is 19.4. The van der Waals surface area contributed by atoms with E-state index >= 15 is 0 Å². The van der Waals surface area contributed by atoms with Gasteiger partial charge in [-0.05, 0) is 48.7 Å². The quantitative estimate of drug-likeness (QED) is 0.235. The van der Waals surface area contributed by atoms with Crippen LogP contribution in [0.15, 0.2) is 70.3 Å². The van der Waals surface area contributed by atoms with Gasteiger partial charge in [0.25, 0.3) is 0 Å². The average Bonchev–Trinajstić information content (AvgIpc) is 2.63. The van der Waals surface area contributed by atoms with E-state index in [4.69, 9.17) is 0 Å². The molecule has 1 N–H and O–H groups in total. The number of nitrogens with zero attached hydrogens (tertiary/aromatic N) is 2. The Morgan fingerprint density at radius 1 is 1.11 bits per heavy atom. The van der Waals surface area contributed by atoms with E-state index in [-0.39, 0.29) is 5.92 Å². The standard InChI is InChI=1S/C22H20BrFN2O/c1-14-6-3-4-9-19(14)20(16-7-5-8-18(23)11-16)13-21(26-27)17-10-15(2)25-22(24)12-17/h3-12,20,27H,13H2,1-2H3. The molecule has 1 heterocycles. The average molecular weight is 427 g/mol. The molecule has 0 saturated carbocycles. The van der Waals surface area contributed by atoms with Crippen LogP contribution in [0.4, 0.5) is 4.39 Å². The van der Waals surface area contributed by atoms with Gasteiger partial charge >= 0.3 is 0 Å². The molecule has 5 heteroatoms. The highest BCUT2D eigenvalue weighted by Gasteiger charge is 2.21. The topological polar surface area (TPSA) is 45.5 Å². The van der Waals surface area contributed by atoms with E-state index in [0.717, 1.165) is 21.2 Å². The molecule has 0 amide bonds. The third-order valence-corrected chi connectivity index (χ3v) is 5.08. The predicted octanol–water partition coefficient (Wildman–Crippen LogP) is 6.00. The maximum Gasteiger partial charge on any atom is 0.213 e. The number of aromatic nitrogens is 1. The Balaban J connectivity index is 2.06. The Kier molecular flexibility index (Phi) is 6.01. The summed E-state index contributed by atoms with van der Waals surface area (Å²) in [6, 6.07) is 19.2. The number of pyridine rings is 1. The van der Waals surface area contributed by atoms with Crippen molar-refractivity contribution < 1.29 is 9.60 Å². The van der Waals surface area contributed by atoms with Crippen LogP contribution in [-0.2, 0) is 0 Å². The maximum atomic E-state index is 13.8. The fourth-order valence-corrected chi connectivity index (χ4v) is 3.73. The van der Waals surface area contributed by atoms with Gasteiger partial charge in [0.15, 0.2) is 0 Å². The highest BCUT2D eigenvalue weighted by molar-refractivity contribution is 9.10. The molecule has 0 bridgehead atoms. The number of hydrogen-bond donors (Lipinski definition) is 1. The SMILES string of the molecule is Cc1cc(C(CC(c2cccc(Br)c2)c2ccccc2C)=NO)cc(F)n1.